The summed E-state index contributed by atoms with van der Waals surface area (Å²) < 4.78 is 0. The molecule has 6 nitrogen and oxygen atoms in total. The van der Waals surface area contributed by atoms with Crippen molar-refractivity contribution in [3.05, 3.63) is 48.6 Å². The summed E-state index contributed by atoms with van der Waals surface area (Å²) in [6.07, 6.45) is 2.91. The van der Waals surface area contributed by atoms with Gasteiger partial charge in [-0.25, -0.2) is 0 Å². The Morgan fingerprint density at radius 2 is 1.83 bits per heavy atom. The van der Waals surface area contributed by atoms with Gasteiger partial charge in [0.2, 0.25) is 17.7 Å². The molecule has 23 heavy (non-hydrogen) atoms. The zero-order valence-corrected chi connectivity index (χ0v) is 13.2. The Balaban J connectivity index is 2.79. The summed E-state index contributed by atoms with van der Waals surface area (Å²) in [4.78, 5) is 35.2. The highest BCUT2D eigenvalue weighted by Gasteiger charge is 2.24. The Labute approximate surface area is 136 Å². The number of carbonyl (C=O) groups is 3. The van der Waals surface area contributed by atoms with Gasteiger partial charge in [-0.1, -0.05) is 36.4 Å². The van der Waals surface area contributed by atoms with Gasteiger partial charge in [0.1, 0.15) is 12.1 Å². The minimum atomic E-state index is -0.785. The molecule has 4 N–H and O–H groups in total. The largest absolute Gasteiger partial charge is 0.368 e. The highest BCUT2D eigenvalue weighted by Crippen LogP contribution is 2.05. The summed E-state index contributed by atoms with van der Waals surface area (Å²) in [5.41, 5.74) is 6.21. The van der Waals surface area contributed by atoms with Crippen LogP contribution in [0.3, 0.4) is 0 Å². The molecule has 0 aliphatic carbocycles. The fourth-order valence-electron chi connectivity index (χ4n) is 2.15. The molecule has 0 spiro atoms. The van der Waals surface area contributed by atoms with Gasteiger partial charge in [-0.3, -0.25) is 14.4 Å². The number of nitrogens with two attached hydrogens (primary N) is 1. The molecular weight excluding hydrogens is 294 g/mol. The second-order valence-electron chi connectivity index (χ2n) is 5.27. The van der Waals surface area contributed by atoms with Crippen molar-refractivity contribution < 1.29 is 14.4 Å². The fourth-order valence-corrected chi connectivity index (χ4v) is 2.15. The van der Waals surface area contributed by atoms with Gasteiger partial charge in [0, 0.05) is 13.3 Å². The van der Waals surface area contributed by atoms with Crippen LogP contribution in [0.4, 0.5) is 0 Å². The molecule has 6 heteroatoms. The SMILES string of the molecule is C=CCC[C@@H](NC(=O)[C@@H](Cc1ccccc1)NC(C)=O)C(N)=O. The molecule has 0 aliphatic heterocycles. The van der Waals surface area contributed by atoms with Crippen LogP contribution in [-0.4, -0.2) is 29.8 Å². The molecule has 0 aliphatic rings. The smallest absolute Gasteiger partial charge is 0.243 e. The number of allylic oxidation sites excluding steroid dienone is 1. The third-order valence-electron chi connectivity index (χ3n) is 3.30. The molecule has 0 radical (unpaired) electrons. The molecule has 0 unspecified atom stereocenters. The second kappa shape index (κ2) is 9.40. The van der Waals surface area contributed by atoms with Gasteiger partial charge < -0.3 is 16.4 Å². The Morgan fingerprint density at radius 1 is 1.17 bits per heavy atom. The molecule has 0 saturated heterocycles. The van der Waals surface area contributed by atoms with E-state index in [0.29, 0.717) is 19.3 Å². The third-order valence-corrected chi connectivity index (χ3v) is 3.30. The zero-order chi connectivity index (χ0) is 17.2. The quantitative estimate of drug-likeness (QED) is 0.583. The Bertz CT molecular complexity index is 557. The number of primary amides is 1. The van der Waals surface area contributed by atoms with Crippen molar-refractivity contribution in [1.82, 2.24) is 10.6 Å². The van der Waals surface area contributed by atoms with Crippen LogP contribution in [0.15, 0.2) is 43.0 Å². The van der Waals surface area contributed by atoms with Crippen molar-refractivity contribution in [1.29, 1.82) is 0 Å². The van der Waals surface area contributed by atoms with E-state index in [2.05, 4.69) is 17.2 Å². The first-order valence-corrected chi connectivity index (χ1v) is 7.45. The third kappa shape index (κ3) is 6.78. The average Bonchev–Trinajstić information content (AvgIpc) is 2.50. The molecule has 1 aromatic carbocycles. The summed E-state index contributed by atoms with van der Waals surface area (Å²) in [7, 11) is 0. The van der Waals surface area contributed by atoms with E-state index in [-0.39, 0.29) is 5.91 Å². The van der Waals surface area contributed by atoms with Gasteiger partial charge in [0.25, 0.3) is 0 Å². The molecule has 1 rings (SSSR count). The molecule has 0 fully saturated rings. The molecule has 0 aromatic heterocycles. The first-order chi connectivity index (χ1) is 10.9. The van der Waals surface area contributed by atoms with Gasteiger partial charge >= 0.3 is 0 Å². The van der Waals surface area contributed by atoms with E-state index in [9.17, 15) is 14.4 Å². The Hall–Kier alpha value is -2.63. The van der Waals surface area contributed by atoms with Crippen LogP contribution in [0.5, 0.6) is 0 Å². The molecule has 124 valence electrons. The van der Waals surface area contributed by atoms with Crippen LogP contribution in [-0.2, 0) is 20.8 Å². The lowest BCUT2D eigenvalue weighted by atomic mass is 10.0. The maximum absolute atomic E-state index is 12.4. The van der Waals surface area contributed by atoms with Gasteiger partial charge in [-0.2, -0.15) is 0 Å². The van der Waals surface area contributed by atoms with E-state index < -0.39 is 23.9 Å². The van der Waals surface area contributed by atoms with E-state index in [1.54, 1.807) is 6.08 Å². The number of amides is 3. The van der Waals surface area contributed by atoms with Crippen LogP contribution in [0.2, 0.25) is 0 Å². The van der Waals surface area contributed by atoms with Crippen molar-refractivity contribution in [2.24, 2.45) is 5.73 Å². The second-order valence-corrected chi connectivity index (χ2v) is 5.27. The normalized spacial score (nSPS) is 12.7. The Morgan fingerprint density at radius 3 is 2.35 bits per heavy atom. The minimum absolute atomic E-state index is 0.317. The molecule has 0 bridgehead atoms. The number of carbonyl (C=O) groups excluding carboxylic acids is 3. The van der Waals surface area contributed by atoms with Crippen LogP contribution in [0.1, 0.15) is 25.3 Å². The van der Waals surface area contributed by atoms with E-state index in [1.165, 1.54) is 6.92 Å². The minimum Gasteiger partial charge on any atom is -0.368 e. The van der Waals surface area contributed by atoms with Crippen molar-refractivity contribution >= 4 is 17.7 Å². The van der Waals surface area contributed by atoms with Crippen LogP contribution in [0, 0.1) is 0 Å². The standard InChI is InChI=1S/C17H23N3O3/c1-3-4-10-14(16(18)22)20-17(23)15(19-12(2)21)11-13-8-6-5-7-9-13/h3,5-9,14-15H,1,4,10-11H2,2H3,(H2,18,22)(H,19,21)(H,20,23)/t14-,15-/m1/s1. The maximum Gasteiger partial charge on any atom is 0.243 e. The first kappa shape index (κ1) is 18.4. The predicted molar refractivity (Wildman–Crippen MR) is 88.3 cm³/mol. The van der Waals surface area contributed by atoms with E-state index in [0.717, 1.165) is 5.56 Å². The summed E-state index contributed by atoms with van der Waals surface area (Å²) in [6.45, 7) is 4.92. The Kier molecular flexibility index (Phi) is 7.53. The van der Waals surface area contributed by atoms with Gasteiger partial charge in [-0.05, 0) is 18.4 Å². The van der Waals surface area contributed by atoms with Crippen molar-refractivity contribution in [3.8, 4) is 0 Å². The number of nitrogens with one attached hydrogen (secondary N) is 2. The number of benzene rings is 1. The summed E-state index contributed by atoms with van der Waals surface area (Å²) in [6, 6.07) is 7.77. The lowest BCUT2D eigenvalue weighted by Gasteiger charge is -2.21. The van der Waals surface area contributed by atoms with E-state index in [4.69, 9.17) is 5.73 Å². The monoisotopic (exact) mass is 317 g/mol. The first-order valence-electron chi connectivity index (χ1n) is 7.45. The summed E-state index contributed by atoms with van der Waals surface area (Å²) in [5, 5.41) is 5.21. The fraction of sp³-hybridized carbons (Fsp3) is 0.353. The van der Waals surface area contributed by atoms with Gasteiger partial charge in [0.05, 0.1) is 0 Å². The van der Waals surface area contributed by atoms with Crippen molar-refractivity contribution in [2.75, 3.05) is 0 Å². The van der Waals surface area contributed by atoms with Crippen LogP contribution in [0.25, 0.3) is 0 Å². The number of hydrogen-bond acceptors (Lipinski definition) is 3. The van der Waals surface area contributed by atoms with Crippen molar-refractivity contribution in [2.45, 2.75) is 38.3 Å². The van der Waals surface area contributed by atoms with E-state index >= 15 is 0 Å². The summed E-state index contributed by atoms with van der Waals surface area (Å²) in [5.74, 6) is -1.36. The predicted octanol–water partition coefficient (Wildman–Crippen LogP) is 0.670. The van der Waals surface area contributed by atoms with Crippen LogP contribution < -0.4 is 16.4 Å². The molecular formula is C17H23N3O3. The number of hydrogen-bond donors (Lipinski definition) is 3. The topological polar surface area (TPSA) is 101 Å². The number of rotatable bonds is 9. The summed E-state index contributed by atoms with van der Waals surface area (Å²) >= 11 is 0. The average molecular weight is 317 g/mol. The van der Waals surface area contributed by atoms with Gasteiger partial charge in [0.15, 0.2) is 0 Å². The van der Waals surface area contributed by atoms with Crippen molar-refractivity contribution in [3.63, 3.8) is 0 Å². The zero-order valence-electron chi connectivity index (χ0n) is 13.2. The highest BCUT2D eigenvalue weighted by molar-refractivity contribution is 5.91. The van der Waals surface area contributed by atoms with Gasteiger partial charge in [-0.15, -0.1) is 6.58 Å². The lowest BCUT2D eigenvalue weighted by molar-refractivity contribution is -0.130. The highest BCUT2D eigenvalue weighted by atomic mass is 16.2. The van der Waals surface area contributed by atoms with Crippen LogP contribution >= 0.6 is 0 Å². The molecule has 2 atom stereocenters. The lowest BCUT2D eigenvalue weighted by Crippen LogP contribution is -2.53. The molecule has 0 saturated carbocycles. The van der Waals surface area contributed by atoms with E-state index in [1.807, 2.05) is 30.3 Å². The molecule has 0 heterocycles. The molecule has 3 amide bonds. The molecule has 1 aromatic rings. The maximum atomic E-state index is 12.4.